The van der Waals surface area contributed by atoms with Crippen molar-refractivity contribution in [2.45, 2.75) is 0 Å². The van der Waals surface area contributed by atoms with E-state index in [2.05, 4.69) is 10.3 Å². The Bertz CT molecular complexity index is 1020. The Morgan fingerprint density at radius 2 is 1.74 bits per heavy atom. The predicted molar refractivity (Wildman–Crippen MR) is 101 cm³/mol. The van der Waals surface area contributed by atoms with E-state index in [1.54, 1.807) is 48.5 Å². The van der Waals surface area contributed by atoms with E-state index in [1.807, 2.05) is 6.07 Å². The van der Waals surface area contributed by atoms with Gasteiger partial charge in [0.2, 0.25) is 0 Å². The summed E-state index contributed by atoms with van der Waals surface area (Å²) in [5.41, 5.74) is 0.966. The van der Waals surface area contributed by atoms with Gasteiger partial charge in [-0.05, 0) is 36.4 Å². The molecule has 27 heavy (non-hydrogen) atoms. The van der Waals surface area contributed by atoms with Crippen LogP contribution in [0.25, 0.3) is 0 Å². The van der Waals surface area contributed by atoms with Crippen molar-refractivity contribution in [1.29, 1.82) is 0 Å². The molecule has 0 spiro atoms. The molecule has 0 unspecified atom stereocenters. The maximum Gasteiger partial charge on any atom is 0.278 e. The monoisotopic (exact) mass is 363 g/mol. The van der Waals surface area contributed by atoms with Gasteiger partial charge in [-0.15, -0.1) is 0 Å². The van der Waals surface area contributed by atoms with Crippen LogP contribution in [0.1, 0.15) is 15.9 Å². The summed E-state index contributed by atoms with van der Waals surface area (Å²) in [7, 11) is 0. The first-order chi connectivity index (χ1) is 13.0. The van der Waals surface area contributed by atoms with Crippen molar-refractivity contribution in [3.8, 4) is 0 Å². The third-order valence-corrected chi connectivity index (χ3v) is 3.71. The Morgan fingerprint density at radius 3 is 2.48 bits per heavy atom. The number of nitrogens with one attached hydrogen (secondary N) is 1. The van der Waals surface area contributed by atoms with Gasteiger partial charge in [-0.25, -0.2) is 4.39 Å². The van der Waals surface area contributed by atoms with Gasteiger partial charge in [-0.3, -0.25) is 19.9 Å². The van der Waals surface area contributed by atoms with Gasteiger partial charge in [-0.2, -0.15) is 0 Å². The van der Waals surface area contributed by atoms with Crippen molar-refractivity contribution in [3.63, 3.8) is 0 Å². The van der Waals surface area contributed by atoms with Crippen molar-refractivity contribution in [1.82, 2.24) is 0 Å². The molecular formula is C20H14FN3O3. The number of anilines is 1. The van der Waals surface area contributed by atoms with Crippen LogP contribution in [-0.4, -0.2) is 17.0 Å². The molecule has 1 N–H and O–H groups in total. The number of nitro groups is 1. The van der Waals surface area contributed by atoms with Gasteiger partial charge in [-0.1, -0.05) is 30.3 Å². The van der Waals surface area contributed by atoms with Crippen LogP contribution in [0.4, 0.5) is 21.5 Å². The van der Waals surface area contributed by atoms with Crippen LogP contribution >= 0.6 is 0 Å². The van der Waals surface area contributed by atoms with Crippen LogP contribution in [-0.2, 0) is 0 Å². The molecule has 1 amide bonds. The molecule has 3 aromatic rings. The summed E-state index contributed by atoms with van der Waals surface area (Å²) in [5.74, 6) is -0.986. The lowest BCUT2D eigenvalue weighted by atomic mass is 10.1. The quantitative estimate of drug-likeness (QED) is 0.404. The molecule has 0 heterocycles. The van der Waals surface area contributed by atoms with E-state index in [1.165, 1.54) is 6.21 Å². The summed E-state index contributed by atoms with van der Waals surface area (Å²) in [6.45, 7) is 0. The van der Waals surface area contributed by atoms with Crippen molar-refractivity contribution in [3.05, 3.63) is 99.9 Å². The van der Waals surface area contributed by atoms with Crippen molar-refractivity contribution >= 4 is 29.2 Å². The molecule has 0 aliphatic carbocycles. The molecular weight excluding hydrogens is 349 g/mol. The second-order valence-electron chi connectivity index (χ2n) is 5.56. The average molecular weight is 363 g/mol. The van der Waals surface area contributed by atoms with E-state index in [-0.39, 0.29) is 22.7 Å². The first kappa shape index (κ1) is 17.9. The summed E-state index contributed by atoms with van der Waals surface area (Å²) >= 11 is 0. The van der Waals surface area contributed by atoms with Gasteiger partial charge in [0.05, 0.1) is 21.7 Å². The van der Waals surface area contributed by atoms with Crippen molar-refractivity contribution in [2.24, 2.45) is 4.99 Å². The third-order valence-electron chi connectivity index (χ3n) is 3.71. The number of amides is 1. The number of hydrogen-bond acceptors (Lipinski definition) is 4. The van der Waals surface area contributed by atoms with Crippen molar-refractivity contribution in [2.75, 3.05) is 5.32 Å². The lowest BCUT2D eigenvalue weighted by Crippen LogP contribution is -2.11. The number of halogens is 1. The molecule has 0 saturated carbocycles. The average Bonchev–Trinajstić information content (AvgIpc) is 2.67. The molecule has 0 radical (unpaired) electrons. The van der Waals surface area contributed by atoms with Gasteiger partial charge in [0.15, 0.2) is 0 Å². The molecule has 0 aliphatic rings. The lowest BCUT2D eigenvalue weighted by molar-refractivity contribution is -0.385. The fourth-order valence-electron chi connectivity index (χ4n) is 2.43. The topological polar surface area (TPSA) is 84.6 Å². The summed E-state index contributed by atoms with van der Waals surface area (Å²) in [6, 6.07) is 18.6. The second-order valence-corrected chi connectivity index (χ2v) is 5.56. The Hall–Kier alpha value is -3.87. The van der Waals surface area contributed by atoms with Gasteiger partial charge < -0.3 is 5.32 Å². The predicted octanol–water partition coefficient (Wildman–Crippen LogP) is 4.74. The number of carbonyl (C=O) groups excluding carboxylic acids is 1. The first-order valence-electron chi connectivity index (χ1n) is 7.98. The summed E-state index contributed by atoms with van der Waals surface area (Å²) in [4.78, 5) is 27.2. The van der Waals surface area contributed by atoms with Crippen LogP contribution in [0.3, 0.4) is 0 Å². The highest BCUT2D eigenvalue weighted by Gasteiger charge is 2.14. The third kappa shape index (κ3) is 4.40. The zero-order valence-electron chi connectivity index (χ0n) is 14.0. The maximum atomic E-state index is 13.4. The normalized spacial score (nSPS) is 10.7. The molecule has 0 atom stereocenters. The van der Waals surface area contributed by atoms with E-state index in [4.69, 9.17) is 0 Å². The highest BCUT2D eigenvalue weighted by Crippen LogP contribution is 2.23. The number of nitro benzene ring substituents is 1. The lowest BCUT2D eigenvalue weighted by Gasteiger charge is -2.07. The molecule has 0 aromatic heterocycles. The van der Waals surface area contributed by atoms with E-state index >= 15 is 0 Å². The molecule has 3 aromatic carbocycles. The van der Waals surface area contributed by atoms with E-state index in [0.717, 1.165) is 18.2 Å². The number of hydrogen-bond donors (Lipinski definition) is 1. The zero-order valence-corrected chi connectivity index (χ0v) is 14.0. The molecule has 0 saturated heterocycles. The Kier molecular flexibility index (Phi) is 5.32. The second kappa shape index (κ2) is 8.01. The van der Waals surface area contributed by atoms with Gasteiger partial charge >= 0.3 is 0 Å². The number of nitrogens with zero attached hydrogens (tertiary/aromatic N) is 2. The van der Waals surface area contributed by atoms with Gasteiger partial charge in [0, 0.05) is 18.0 Å². The van der Waals surface area contributed by atoms with E-state index in [0.29, 0.717) is 11.4 Å². The minimum atomic E-state index is -0.616. The fraction of sp³-hybridized carbons (Fsp3) is 0. The minimum Gasteiger partial charge on any atom is -0.322 e. The number of carbonyl (C=O) groups is 1. The largest absolute Gasteiger partial charge is 0.322 e. The SMILES string of the molecule is O=C(Nc1ccccc1)c1ccccc1/N=C/c1cc(F)ccc1[N+](=O)[O-]. The molecule has 134 valence electrons. The number of aliphatic imine (C=N–C) groups is 1. The summed E-state index contributed by atoms with van der Waals surface area (Å²) in [6.07, 6.45) is 1.18. The number of para-hydroxylation sites is 2. The van der Waals surface area contributed by atoms with Crippen LogP contribution in [0, 0.1) is 15.9 Å². The maximum absolute atomic E-state index is 13.4. The van der Waals surface area contributed by atoms with Crippen LogP contribution in [0.5, 0.6) is 0 Å². The summed E-state index contributed by atoms with van der Waals surface area (Å²) in [5, 5.41) is 13.8. The smallest absolute Gasteiger partial charge is 0.278 e. The van der Waals surface area contributed by atoms with Crippen LogP contribution in [0.15, 0.2) is 77.8 Å². The van der Waals surface area contributed by atoms with E-state index < -0.39 is 10.7 Å². The minimum absolute atomic E-state index is 0.0123. The van der Waals surface area contributed by atoms with Crippen LogP contribution < -0.4 is 5.32 Å². The Balaban J connectivity index is 1.91. The molecule has 7 heteroatoms. The molecule has 3 rings (SSSR count). The van der Waals surface area contributed by atoms with Crippen molar-refractivity contribution < 1.29 is 14.1 Å². The highest BCUT2D eigenvalue weighted by molar-refractivity contribution is 6.08. The van der Waals surface area contributed by atoms with Gasteiger partial charge in [0.25, 0.3) is 11.6 Å². The van der Waals surface area contributed by atoms with Gasteiger partial charge in [0.1, 0.15) is 5.82 Å². The fourth-order valence-corrected chi connectivity index (χ4v) is 2.43. The number of benzene rings is 3. The standard InChI is InChI=1S/C20H14FN3O3/c21-15-10-11-19(24(26)27)14(12-15)13-22-18-9-5-4-8-17(18)20(25)23-16-6-2-1-3-7-16/h1-13H,(H,23,25)/b22-13+. The number of rotatable bonds is 5. The Labute approximate surface area is 154 Å². The van der Waals surface area contributed by atoms with E-state index in [9.17, 15) is 19.3 Å². The first-order valence-corrected chi connectivity index (χ1v) is 7.98. The highest BCUT2D eigenvalue weighted by atomic mass is 19.1. The summed E-state index contributed by atoms with van der Waals surface area (Å²) < 4.78 is 13.4. The van der Waals surface area contributed by atoms with Crippen LogP contribution in [0.2, 0.25) is 0 Å². The molecule has 6 nitrogen and oxygen atoms in total. The Morgan fingerprint density at radius 1 is 1.04 bits per heavy atom. The molecule has 0 aliphatic heterocycles. The zero-order chi connectivity index (χ0) is 19.2. The molecule has 0 fully saturated rings. The molecule has 0 bridgehead atoms.